The molecule has 2 bridgehead atoms. The molecule has 1 aliphatic heterocycles. The Morgan fingerprint density at radius 1 is 1.06 bits per heavy atom. The second-order valence-corrected chi connectivity index (χ2v) is 15.8. The van der Waals surface area contributed by atoms with Crippen LogP contribution in [0.4, 0.5) is 19.0 Å². The lowest BCUT2D eigenvalue weighted by molar-refractivity contribution is -0.171. The van der Waals surface area contributed by atoms with Crippen molar-refractivity contribution in [2.75, 3.05) is 18.4 Å². The quantitative estimate of drug-likeness (QED) is 0.159. The highest BCUT2D eigenvalue weighted by Gasteiger charge is 2.68. The molecule has 4 fully saturated rings. The standard InChI is InChI=1S/C38H38F3N7OS/c1-24-26(18-47-11-9-27(10-12-47)45-34-31-15-29(16-38(39,40)41)50-35(31)44-23-43-34)7-8-32-30(24)14-28(17-42)48(32)22-36-19-37(20-36,21-36)46-33(49)13-25-5-3-2-4-6-25/h2-8,14-15,23,27H,9-13,16,18-22H2,1H3,(H,46,49)(H,43,44,45). The number of nitrogens with zero attached hydrogens (tertiary/aromatic N) is 5. The van der Waals surface area contributed by atoms with Gasteiger partial charge in [0.2, 0.25) is 5.91 Å². The number of carbonyl (C=O) groups is 1. The van der Waals surface area contributed by atoms with Crippen LogP contribution in [0, 0.1) is 23.7 Å². The van der Waals surface area contributed by atoms with Gasteiger partial charge in [-0.25, -0.2) is 9.97 Å². The van der Waals surface area contributed by atoms with Gasteiger partial charge in [-0.3, -0.25) is 9.69 Å². The number of aryl methyl sites for hydroxylation is 1. The molecule has 2 aromatic carbocycles. The van der Waals surface area contributed by atoms with Gasteiger partial charge in [-0.2, -0.15) is 18.4 Å². The maximum Gasteiger partial charge on any atom is 0.393 e. The molecule has 0 unspecified atom stereocenters. The summed E-state index contributed by atoms with van der Waals surface area (Å²) in [6.07, 6.45) is 1.20. The van der Waals surface area contributed by atoms with Crippen LogP contribution < -0.4 is 10.6 Å². The molecular weight excluding hydrogens is 660 g/mol. The molecule has 3 saturated carbocycles. The van der Waals surface area contributed by atoms with Gasteiger partial charge in [-0.05, 0) is 79.3 Å². The van der Waals surface area contributed by atoms with Crippen molar-refractivity contribution in [3.05, 3.63) is 88.2 Å². The third-order valence-corrected chi connectivity index (χ3v) is 11.9. The zero-order valence-electron chi connectivity index (χ0n) is 27.8. The molecular formula is C38H38F3N7OS. The number of anilines is 1. The summed E-state index contributed by atoms with van der Waals surface area (Å²) in [5.74, 6) is 0.670. The van der Waals surface area contributed by atoms with Gasteiger partial charge in [0.05, 0.1) is 18.2 Å². The summed E-state index contributed by atoms with van der Waals surface area (Å²) in [5.41, 5.74) is 5.23. The molecule has 50 heavy (non-hydrogen) atoms. The van der Waals surface area contributed by atoms with Crippen molar-refractivity contribution in [2.45, 2.75) is 82.7 Å². The number of hydrogen-bond acceptors (Lipinski definition) is 7. The minimum absolute atomic E-state index is 0.0733. The summed E-state index contributed by atoms with van der Waals surface area (Å²) in [5, 5.41) is 18.6. The van der Waals surface area contributed by atoms with Crippen LogP contribution in [0.5, 0.6) is 0 Å². The fourth-order valence-electron chi connectivity index (χ4n) is 8.69. The Morgan fingerprint density at radius 2 is 1.82 bits per heavy atom. The van der Waals surface area contributed by atoms with Crippen LogP contribution in [0.1, 0.15) is 59.4 Å². The summed E-state index contributed by atoms with van der Waals surface area (Å²) in [6, 6.07) is 20.4. The van der Waals surface area contributed by atoms with Crippen molar-refractivity contribution in [1.29, 1.82) is 5.26 Å². The number of alkyl halides is 3. The van der Waals surface area contributed by atoms with E-state index in [9.17, 15) is 23.2 Å². The molecule has 12 heteroatoms. The van der Waals surface area contributed by atoms with Crippen LogP contribution in [-0.4, -0.2) is 56.2 Å². The monoisotopic (exact) mass is 697 g/mol. The molecule has 0 radical (unpaired) electrons. The lowest BCUT2D eigenvalue weighted by Gasteiger charge is -2.70. The van der Waals surface area contributed by atoms with Gasteiger partial charge in [0.15, 0.2) is 0 Å². The number of fused-ring (bicyclic) bond motifs is 2. The second-order valence-electron chi connectivity index (χ2n) is 14.7. The third kappa shape index (κ3) is 6.33. The van der Waals surface area contributed by atoms with Crippen molar-refractivity contribution >= 4 is 44.2 Å². The van der Waals surface area contributed by atoms with Crippen LogP contribution >= 0.6 is 11.3 Å². The summed E-state index contributed by atoms with van der Waals surface area (Å²) in [7, 11) is 0. The molecule has 3 aromatic heterocycles. The smallest absolute Gasteiger partial charge is 0.367 e. The molecule has 0 atom stereocenters. The summed E-state index contributed by atoms with van der Waals surface area (Å²) < 4.78 is 41.1. The number of piperidine rings is 1. The number of aromatic nitrogens is 3. The number of benzene rings is 2. The highest BCUT2D eigenvalue weighted by Crippen LogP contribution is 2.68. The molecule has 0 spiro atoms. The number of amides is 1. The average Bonchev–Trinajstić information content (AvgIpc) is 3.62. The molecule has 1 saturated heterocycles. The molecule has 3 aliphatic carbocycles. The molecule has 4 aliphatic rings. The fraction of sp³-hybridized carbons (Fsp3) is 0.421. The second kappa shape index (κ2) is 12.4. The molecule has 258 valence electrons. The minimum Gasteiger partial charge on any atom is -0.367 e. The SMILES string of the molecule is Cc1c(CN2CCC(Nc3ncnc4sc(CC(F)(F)F)cc34)CC2)ccc2c1cc(C#N)n2CC12CC(NC(=O)Cc3ccccc3)(C1)C2. The van der Waals surface area contributed by atoms with Crippen LogP contribution in [0.25, 0.3) is 21.1 Å². The normalized spacial score (nSPS) is 22.2. The maximum absolute atomic E-state index is 13.0. The van der Waals surface area contributed by atoms with Crippen LogP contribution in [0.2, 0.25) is 0 Å². The Bertz CT molecular complexity index is 2110. The predicted molar refractivity (Wildman–Crippen MR) is 188 cm³/mol. The van der Waals surface area contributed by atoms with E-state index in [-0.39, 0.29) is 27.8 Å². The Kier molecular flexibility index (Phi) is 8.11. The van der Waals surface area contributed by atoms with E-state index in [4.69, 9.17) is 0 Å². The van der Waals surface area contributed by atoms with Crippen LogP contribution in [-0.2, 0) is 30.7 Å². The molecule has 8 nitrogen and oxygen atoms in total. The van der Waals surface area contributed by atoms with E-state index < -0.39 is 12.6 Å². The van der Waals surface area contributed by atoms with E-state index in [1.165, 1.54) is 17.5 Å². The minimum atomic E-state index is -4.26. The lowest BCUT2D eigenvalue weighted by atomic mass is 9.39. The van der Waals surface area contributed by atoms with Gasteiger partial charge >= 0.3 is 6.18 Å². The van der Waals surface area contributed by atoms with Gasteiger partial charge in [0.25, 0.3) is 0 Å². The molecule has 1 amide bonds. The number of hydrogen-bond donors (Lipinski definition) is 2. The Morgan fingerprint density at radius 3 is 2.54 bits per heavy atom. The van der Waals surface area contributed by atoms with E-state index in [1.54, 1.807) is 6.07 Å². The highest BCUT2D eigenvalue weighted by molar-refractivity contribution is 7.18. The first-order valence-electron chi connectivity index (χ1n) is 17.2. The molecule has 2 N–H and O–H groups in total. The lowest BCUT2D eigenvalue weighted by Crippen LogP contribution is -2.75. The summed E-state index contributed by atoms with van der Waals surface area (Å²) in [6.45, 7) is 5.48. The van der Waals surface area contributed by atoms with Crippen molar-refractivity contribution in [3.63, 3.8) is 0 Å². The van der Waals surface area contributed by atoms with Gasteiger partial charge in [-0.15, -0.1) is 11.3 Å². The van der Waals surface area contributed by atoms with E-state index in [0.717, 1.165) is 86.1 Å². The molecule has 9 rings (SSSR count). The van der Waals surface area contributed by atoms with E-state index in [0.29, 0.717) is 28.1 Å². The van der Waals surface area contributed by atoms with Crippen molar-refractivity contribution in [2.24, 2.45) is 5.41 Å². The van der Waals surface area contributed by atoms with Gasteiger partial charge in [0.1, 0.15) is 28.7 Å². The van der Waals surface area contributed by atoms with Gasteiger partial charge in [-0.1, -0.05) is 36.4 Å². The first-order chi connectivity index (χ1) is 24.0. The maximum atomic E-state index is 13.0. The number of rotatable bonds is 10. The Hall–Kier alpha value is -4.47. The number of nitriles is 1. The van der Waals surface area contributed by atoms with Crippen molar-refractivity contribution < 1.29 is 18.0 Å². The number of halogens is 3. The molecule has 5 aromatic rings. The van der Waals surface area contributed by atoms with E-state index in [1.807, 2.05) is 36.4 Å². The van der Waals surface area contributed by atoms with Crippen LogP contribution in [0.3, 0.4) is 0 Å². The number of nitrogens with one attached hydrogen (secondary N) is 2. The fourth-order valence-corrected chi connectivity index (χ4v) is 9.71. The average molecular weight is 698 g/mol. The van der Waals surface area contributed by atoms with Crippen molar-refractivity contribution in [3.8, 4) is 6.07 Å². The summed E-state index contributed by atoms with van der Waals surface area (Å²) in [4.78, 5) is 24.5. The van der Waals surface area contributed by atoms with E-state index in [2.05, 4.69) is 55.2 Å². The van der Waals surface area contributed by atoms with Crippen molar-refractivity contribution in [1.82, 2.24) is 24.8 Å². The zero-order chi connectivity index (χ0) is 34.7. The Balaban J connectivity index is 0.881. The van der Waals surface area contributed by atoms with E-state index >= 15 is 0 Å². The van der Waals surface area contributed by atoms with Gasteiger partial charge in [0, 0.05) is 53.5 Å². The first-order valence-corrected chi connectivity index (χ1v) is 18.0. The molecule has 4 heterocycles. The Labute approximate surface area is 292 Å². The largest absolute Gasteiger partial charge is 0.393 e. The third-order valence-electron chi connectivity index (χ3n) is 10.9. The number of likely N-dealkylation sites (tertiary alicyclic amines) is 1. The summed E-state index contributed by atoms with van der Waals surface area (Å²) >= 11 is 1.07. The highest BCUT2D eigenvalue weighted by atomic mass is 32.1. The first kappa shape index (κ1) is 32.7. The van der Waals surface area contributed by atoms with Crippen LogP contribution in [0.15, 0.2) is 60.9 Å². The number of thiophene rings is 1. The number of carbonyl (C=O) groups excluding carboxylic acids is 1. The zero-order valence-corrected chi connectivity index (χ0v) is 28.6. The topological polar surface area (TPSA) is 98.9 Å². The predicted octanol–water partition coefficient (Wildman–Crippen LogP) is 7.29. The van der Waals surface area contributed by atoms with Gasteiger partial charge < -0.3 is 15.2 Å².